The molecule has 6 heteroatoms. The van der Waals surface area contributed by atoms with Gasteiger partial charge in [-0.2, -0.15) is 10.4 Å². The van der Waals surface area contributed by atoms with Crippen molar-refractivity contribution in [2.45, 2.75) is 13.3 Å². The third-order valence-corrected chi connectivity index (χ3v) is 3.90. The van der Waals surface area contributed by atoms with Crippen molar-refractivity contribution in [1.29, 1.82) is 5.26 Å². The van der Waals surface area contributed by atoms with Crippen molar-refractivity contribution in [3.8, 4) is 6.07 Å². The van der Waals surface area contributed by atoms with Gasteiger partial charge in [0.15, 0.2) is 5.65 Å². The fourth-order valence-electron chi connectivity index (χ4n) is 2.23. The van der Waals surface area contributed by atoms with Crippen LogP contribution in [0.4, 0.5) is 0 Å². The molecule has 0 bridgehead atoms. The lowest BCUT2D eigenvalue weighted by Gasteiger charge is -2.10. The van der Waals surface area contributed by atoms with Gasteiger partial charge in [0.05, 0.1) is 6.20 Å². The van der Waals surface area contributed by atoms with E-state index in [1.165, 1.54) is 10.7 Å². The molecule has 3 aromatic rings. The number of fused-ring (bicyclic) bond motifs is 1. The molecule has 0 spiro atoms. The number of nitrogens with zero attached hydrogens (tertiary/aromatic N) is 4. The van der Waals surface area contributed by atoms with Crippen molar-refractivity contribution in [3.05, 3.63) is 63.0 Å². The lowest BCUT2D eigenvalue weighted by molar-refractivity contribution is 0.902. The zero-order valence-electron chi connectivity index (χ0n) is 11.1. The van der Waals surface area contributed by atoms with Gasteiger partial charge in [0, 0.05) is 22.7 Å². The van der Waals surface area contributed by atoms with E-state index in [0.717, 1.165) is 16.8 Å². The van der Waals surface area contributed by atoms with Crippen molar-refractivity contribution in [2.75, 3.05) is 0 Å². The first-order chi connectivity index (χ1) is 10.1. The normalized spacial score (nSPS) is 10.8. The minimum absolute atomic E-state index is 0.411. The minimum atomic E-state index is 0.411. The second-order valence-electron chi connectivity index (χ2n) is 4.68. The SMILES string of the molecule is Cc1nc2c(C#N)cnn2c(Cl)c1Cc1cccc(Cl)c1. The topological polar surface area (TPSA) is 54.0 Å². The first-order valence-electron chi connectivity index (χ1n) is 6.27. The van der Waals surface area contributed by atoms with Crippen LogP contribution in [0.1, 0.15) is 22.4 Å². The molecule has 0 saturated carbocycles. The van der Waals surface area contributed by atoms with Gasteiger partial charge in [0.2, 0.25) is 0 Å². The number of nitriles is 1. The molecule has 0 amide bonds. The molecule has 21 heavy (non-hydrogen) atoms. The van der Waals surface area contributed by atoms with Gasteiger partial charge in [0.1, 0.15) is 16.8 Å². The van der Waals surface area contributed by atoms with Crippen LogP contribution in [-0.4, -0.2) is 14.6 Å². The largest absolute Gasteiger partial charge is 0.232 e. The molecule has 2 heterocycles. The monoisotopic (exact) mass is 316 g/mol. The molecular weight excluding hydrogens is 307 g/mol. The molecule has 0 N–H and O–H groups in total. The molecule has 104 valence electrons. The highest BCUT2D eigenvalue weighted by atomic mass is 35.5. The number of benzene rings is 1. The van der Waals surface area contributed by atoms with Gasteiger partial charge in [0.25, 0.3) is 0 Å². The lowest BCUT2D eigenvalue weighted by Crippen LogP contribution is -2.03. The summed E-state index contributed by atoms with van der Waals surface area (Å²) in [5.74, 6) is 0. The van der Waals surface area contributed by atoms with Crippen molar-refractivity contribution >= 4 is 28.8 Å². The highest BCUT2D eigenvalue weighted by Crippen LogP contribution is 2.25. The van der Waals surface area contributed by atoms with Crippen LogP contribution < -0.4 is 0 Å². The summed E-state index contributed by atoms with van der Waals surface area (Å²) in [6, 6.07) is 9.66. The van der Waals surface area contributed by atoms with Crippen LogP contribution in [0.2, 0.25) is 10.2 Å². The summed E-state index contributed by atoms with van der Waals surface area (Å²) < 4.78 is 1.49. The molecule has 2 aromatic heterocycles. The molecule has 0 aliphatic rings. The van der Waals surface area contributed by atoms with E-state index in [1.807, 2.05) is 31.2 Å². The first-order valence-corrected chi connectivity index (χ1v) is 7.03. The molecular formula is C15H10Cl2N4. The maximum Gasteiger partial charge on any atom is 0.174 e. The van der Waals surface area contributed by atoms with Crippen LogP contribution in [0, 0.1) is 18.3 Å². The van der Waals surface area contributed by atoms with Crippen LogP contribution >= 0.6 is 23.2 Å². The summed E-state index contributed by atoms with van der Waals surface area (Å²) in [4.78, 5) is 4.45. The standard InChI is InChI=1S/C15H10Cl2N4/c1-9-13(6-10-3-2-4-12(16)5-10)14(17)21-15(20-9)11(7-18)8-19-21/h2-5,8H,6H2,1H3. The molecule has 0 radical (unpaired) electrons. The van der Waals surface area contributed by atoms with Crippen molar-refractivity contribution < 1.29 is 0 Å². The van der Waals surface area contributed by atoms with Crippen molar-refractivity contribution in [3.63, 3.8) is 0 Å². The van der Waals surface area contributed by atoms with E-state index in [9.17, 15) is 0 Å². The van der Waals surface area contributed by atoms with Crippen LogP contribution in [0.3, 0.4) is 0 Å². The Morgan fingerprint density at radius 1 is 1.33 bits per heavy atom. The van der Waals surface area contributed by atoms with Crippen molar-refractivity contribution in [1.82, 2.24) is 14.6 Å². The Hall–Kier alpha value is -2.09. The Bertz CT molecular complexity index is 877. The van der Waals surface area contributed by atoms with E-state index < -0.39 is 0 Å². The Morgan fingerprint density at radius 2 is 2.14 bits per heavy atom. The second kappa shape index (κ2) is 5.36. The summed E-state index contributed by atoms with van der Waals surface area (Å²) in [6.45, 7) is 1.87. The average molecular weight is 317 g/mol. The average Bonchev–Trinajstić information content (AvgIpc) is 2.86. The van der Waals surface area contributed by atoms with Gasteiger partial charge in [-0.25, -0.2) is 9.50 Å². The summed E-state index contributed by atoms with van der Waals surface area (Å²) in [5, 5.41) is 14.3. The second-order valence-corrected chi connectivity index (χ2v) is 5.47. The van der Waals surface area contributed by atoms with E-state index in [4.69, 9.17) is 28.5 Å². The maximum absolute atomic E-state index is 9.04. The molecule has 0 unspecified atom stereocenters. The number of aryl methyl sites for hydroxylation is 1. The Labute approximate surface area is 131 Å². The van der Waals surface area contributed by atoms with Gasteiger partial charge in [-0.15, -0.1) is 0 Å². The molecule has 1 aromatic carbocycles. The Morgan fingerprint density at radius 3 is 2.86 bits per heavy atom. The Balaban J connectivity index is 2.13. The number of rotatable bonds is 2. The minimum Gasteiger partial charge on any atom is -0.232 e. The van der Waals surface area contributed by atoms with Gasteiger partial charge >= 0.3 is 0 Å². The zero-order chi connectivity index (χ0) is 15.0. The van der Waals surface area contributed by atoms with E-state index in [1.54, 1.807) is 0 Å². The van der Waals surface area contributed by atoms with E-state index in [-0.39, 0.29) is 0 Å². The summed E-state index contributed by atoms with van der Waals surface area (Å²) >= 11 is 12.4. The predicted octanol–water partition coefficient (Wildman–Crippen LogP) is 3.81. The third kappa shape index (κ3) is 2.46. The van der Waals surface area contributed by atoms with Gasteiger partial charge in [-0.05, 0) is 24.6 Å². The zero-order valence-corrected chi connectivity index (χ0v) is 12.7. The summed E-state index contributed by atoms with van der Waals surface area (Å²) in [7, 11) is 0. The lowest BCUT2D eigenvalue weighted by atomic mass is 10.1. The van der Waals surface area contributed by atoms with Crippen LogP contribution in [0.15, 0.2) is 30.5 Å². The summed E-state index contributed by atoms with van der Waals surface area (Å²) in [5.41, 5.74) is 3.59. The predicted molar refractivity (Wildman–Crippen MR) is 81.7 cm³/mol. The first kappa shape index (κ1) is 13.9. The van der Waals surface area contributed by atoms with Crippen molar-refractivity contribution in [2.24, 2.45) is 0 Å². The van der Waals surface area contributed by atoms with E-state index >= 15 is 0 Å². The van der Waals surface area contributed by atoms with Gasteiger partial charge in [-0.3, -0.25) is 0 Å². The third-order valence-electron chi connectivity index (χ3n) is 3.28. The molecule has 4 nitrogen and oxygen atoms in total. The summed E-state index contributed by atoms with van der Waals surface area (Å²) in [6.07, 6.45) is 2.08. The number of hydrogen-bond acceptors (Lipinski definition) is 3. The molecule has 0 aliphatic heterocycles. The van der Waals surface area contributed by atoms with Crippen LogP contribution in [-0.2, 0) is 6.42 Å². The highest BCUT2D eigenvalue weighted by Gasteiger charge is 2.15. The maximum atomic E-state index is 9.04. The van der Waals surface area contributed by atoms with Crippen LogP contribution in [0.5, 0.6) is 0 Å². The highest BCUT2D eigenvalue weighted by molar-refractivity contribution is 6.31. The number of halogens is 2. The molecule has 0 saturated heterocycles. The van der Waals surface area contributed by atoms with Gasteiger partial charge in [-0.1, -0.05) is 35.3 Å². The number of hydrogen-bond donors (Lipinski definition) is 0. The molecule has 0 aliphatic carbocycles. The molecule has 3 rings (SSSR count). The van der Waals surface area contributed by atoms with E-state index in [2.05, 4.69) is 16.2 Å². The van der Waals surface area contributed by atoms with Gasteiger partial charge < -0.3 is 0 Å². The quantitative estimate of drug-likeness (QED) is 0.675. The fourth-order valence-corrected chi connectivity index (χ4v) is 2.77. The molecule has 0 fully saturated rings. The Kier molecular flexibility index (Phi) is 3.54. The number of aromatic nitrogens is 3. The van der Waals surface area contributed by atoms with Crippen LogP contribution in [0.25, 0.3) is 5.65 Å². The van der Waals surface area contributed by atoms with E-state index in [0.29, 0.717) is 27.8 Å². The fraction of sp³-hybridized carbons (Fsp3) is 0.133. The molecule has 0 atom stereocenters. The smallest absolute Gasteiger partial charge is 0.174 e.